The number of sulfonamides is 1. The zero-order chi connectivity index (χ0) is 20.1. The Kier molecular flexibility index (Phi) is 5.90. The van der Waals surface area contributed by atoms with Gasteiger partial charge in [-0.1, -0.05) is 12.1 Å². The number of hydrogen-bond acceptors (Lipinski definition) is 7. The lowest BCUT2D eigenvalue weighted by Crippen LogP contribution is -2.26. The van der Waals surface area contributed by atoms with Crippen LogP contribution >= 0.6 is 0 Å². The van der Waals surface area contributed by atoms with Crippen LogP contribution < -0.4 is 4.72 Å². The Morgan fingerprint density at radius 3 is 2.57 bits per heavy atom. The van der Waals surface area contributed by atoms with E-state index >= 15 is 0 Å². The lowest BCUT2D eigenvalue weighted by atomic mass is 10.2. The molecule has 0 bridgehead atoms. The number of nitrogens with one attached hydrogen (secondary N) is 1. The van der Waals surface area contributed by atoms with E-state index in [1.165, 1.54) is 35.4 Å². The summed E-state index contributed by atoms with van der Waals surface area (Å²) in [6, 6.07) is 9.04. The van der Waals surface area contributed by atoms with Gasteiger partial charge in [-0.25, -0.2) is 13.1 Å². The van der Waals surface area contributed by atoms with Crippen molar-refractivity contribution in [3.63, 3.8) is 0 Å². The van der Waals surface area contributed by atoms with Crippen molar-refractivity contribution in [1.29, 1.82) is 0 Å². The summed E-state index contributed by atoms with van der Waals surface area (Å²) in [4.78, 5) is 18.2. The summed E-state index contributed by atoms with van der Waals surface area (Å²) in [7, 11) is -2.11. The second-order valence-corrected chi connectivity index (χ2v) is 7.81. The van der Waals surface area contributed by atoms with Gasteiger partial charge in [-0.2, -0.15) is 4.98 Å². The molecular formula is C18H20N4O5S. The van der Waals surface area contributed by atoms with Gasteiger partial charge in [0.15, 0.2) is 5.82 Å². The van der Waals surface area contributed by atoms with E-state index < -0.39 is 10.0 Å². The number of aromatic nitrogens is 2. The molecule has 10 heteroatoms. The molecule has 0 fully saturated rings. The third-order valence-electron chi connectivity index (χ3n) is 3.97. The molecule has 0 spiro atoms. The normalized spacial score (nSPS) is 11.5. The summed E-state index contributed by atoms with van der Waals surface area (Å²) in [5, 5.41) is 3.79. The molecular weight excluding hydrogens is 384 g/mol. The van der Waals surface area contributed by atoms with Gasteiger partial charge in [0, 0.05) is 19.0 Å². The SMILES string of the molecule is CCc1noc(CN(C)C(=O)c2ccc(S(=O)(=O)NCc3ccco3)cc2)n1. The van der Waals surface area contributed by atoms with E-state index in [0.29, 0.717) is 29.5 Å². The second kappa shape index (κ2) is 8.36. The summed E-state index contributed by atoms with van der Waals surface area (Å²) in [5.74, 6) is 1.13. The average Bonchev–Trinajstić information content (AvgIpc) is 3.37. The molecule has 3 rings (SSSR count). The Morgan fingerprint density at radius 1 is 1.21 bits per heavy atom. The monoisotopic (exact) mass is 404 g/mol. The molecule has 148 valence electrons. The van der Waals surface area contributed by atoms with Crippen LogP contribution in [0.3, 0.4) is 0 Å². The van der Waals surface area contributed by atoms with Crippen LogP contribution in [0.15, 0.2) is 56.5 Å². The molecule has 2 aromatic heterocycles. The Bertz CT molecular complexity index is 1030. The molecule has 28 heavy (non-hydrogen) atoms. The van der Waals surface area contributed by atoms with E-state index in [-0.39, 0.29) is 23.9 Å². The first-order valence-electron chi connectivity index (χ1n) is 8.58. The molecule has 3 aromatic rings. The number of rotatable bonds is 8. The van der Waals surface area contributed by atoms with Crippen LogP contribution in [0, 0.1) is 0 Å². The van der Waals surface area contributed by atoms with E-state index in [1.54, 1.807) is 19.2 Å². The highest BCUT2D eigenvalue weighted by Crippen LogP contribution is 2.14. The van der Waals surface area contributed by atoms with E-state index in [9.17, 15) is 13.2 Å². The minimum absolute atomic E-state index is 0.0443. The van der Waals surface area contributed by atoms with Gasteiger partial charge in [0.2, 0.25) is 15.9 Å². The van der Waals surface area contributed by atoms with Crippen LogP contribution in [0.1, 0.15) is 34.8 Å². The first-order chi connectivity index (χ1) is 13.4. The predicted molar refractivity (Wildman–Crippen MR) is 98.6 cm³/mol. The zero-order valence-electron chi connectivity index (χ0n) is 15.5. The van der Waals surface area contributed by atoms with E-state index in [1.807, 2.05) is 6.92 Å². The third kappa shape index (κ3) is 4.65. The Labute approximate surface area is 162 Å². The van der Waals surface area contributed by atoms with Gasteiger partial charge in [0.25, 0.3) is 5.91 Å². The zero-order valence-corrected chi connectivity index (χ0v) is 16.3. The topological polar surface area (TPSA) is 119 Å². The molecule has 2 heterocycles. The molecule has 0 saturated heterocycles. The number of benzene rings is 1. The minimum Gasteiger partial charge on any atom is -0.468 e. The number of aryl methyl sites for hydroxylation is 1. The Hall–Kier alpha value is -2.98. The molecule has 0 aliphatic carbocycles. The van der Waals surface area contributed by atoms with Crippen molar-refractivity contribution in [2.45, 2.75) is 31.3 Å². The van der Waals surface area contributed by atoms with Crippen LogP contribution in [0.25, 0.3) is 0 Å². The third-order valence-corrected chi connectivity index (χ3v) is 5.39. The van der Waals surface area contributed by atoms with Crippen molar-refractivity contribution >= 4 is 15.9 Å². The minimum atomic E-state index is -3.72. The lowest BCUT2D eigenvalue weighted by molar-refractivity contribution is 0.0769. The quantitative estimate of drug-likeness (QED) is 0.610. The molecule has 0 aliphatic rings. The highest BCUT2D eigenvalue weighted by Gasteiger charge is 2.18. The second-order valence-electron chi connectivity index (χ2n) is 6.05. The lowest BCUT2D eigenvalue weighted by Gasteiger charge is -2.15. The van der Waals surface area contributed by atoms with Crippen LogP contribution in [-0.2, 0) is 29.5 Å². The number of furan rings is 1. The molecule has 0 saturated carbocycles. The van der Waals surface area contributed by atoms with Gasteiger partial charge in [0.1, 0.15) is 5.76 Å². The van der Waals surface area contributed by atoms with Crippen LogP contribution in [-0.4, -0.2) is 36.4 Å². The molecule has 0 unspecified atom stereocenters. The van der Waals surface area contributed by atoms with Gasteiger partial charge in [-0.15, -0.1) is 0 Å². The largest absolute Gasteiger partial charge is 0.468 e. The van der Waals surface area contributed by atoms with Crippen molar-refractivity contribution in [1.82, 2.24) is 19.8 Å². The number of hydrogen-bond donors (Lipinski definition) is 1. The summed E-state index contributed by atoms with van der Waals surface area (Å²) in [6.45, 7) is 2.11. The first kappa shape index (κ1) is 19.8. The predicted octanol–water partition coefficient (Wildman–Crippen LogP) is 1.98. The average molecular weight is 404 g/mol. The maximum atomic E-state index is 12.5. The maximum absolute atomic E-state index is 12.5. The molecule has 9 nitrogen and oxygen atoms in total. The van der Waals surface area contributed by atoms with E-state index in [0.717, 1.165) is 0 Å². The summed E-state index contributed by atoms with van der Waals surface area (Å²) < 4.78 is 37.3. The summed E-state index contributed by atoms with van der Waals surface area (Å²) in [5.41, 5.74) is 0.350. The summed E-state index contributed by atoms with van der Waals surface area (Å²) in [6.07, 6.45) is 2.11. The van der Waals surface area contributed by atoms with Crippen LogP contribution in [0.4, 0.5) is 0 Å². The van der Waals surface area contributed by atoms with E-state index in [2.05, 4.69) is 14.9 Å². The van der Waals surface area contributed by atoms with Gasteiger partial charge in [-0.05, 0) is 36.4 Å². The molecule has 0 radical (unpaired) electrons. The number of carbonyl (C=O) groups is 1. The highest BCUT2D eigenvalue weighted by atomic mass is 32.2. The molecule has 0 aliphatic heterocycles. The summed E-state index contributed by atoms with van der Waals surface area (Å²) >= 11 is 0. The smallest absolute Gasteiger partial charge is 0.254 e. The van der Waals surface area contributed by atoms with Crippen molar-refractivity contribution in [2.75, 3.05) is 7.05 Å². The van der Waals surface area contributed by atoms with Crippen molar-refractivity contribution < 1.29 is 22.2 Å². The molecule has 1 N–H and O–H groups in total. The number of nitrogens with zero attached hydrogens (tertiary/aromatic N) is 3. The first-order valence-corrected chi connectivity index (χ1v) is 10.1. The van der Waals surface area contributed by atoms with Gasteiger partial charge in [0.05, 0.1) is 24.2 Å². The Morgan fingerprint density at radius 2 is 1.96 bits per heavy atom. The fourth-order valence-corrected chi connectivity index (χ4v) is 3.43. The maximum Gasteiger partial charge on any atom is 0.254 e. The van der Waals surface area contributed by atoms with Crippen LogP contribution in [0.2, 0.25) is 0 Å². The fraction of sp³-hybridized carbons (Fsp3) is 0.278. The van der Waals surface area contributed by atoms with Crippen LogP contribution in [0.5, 0.6) is 0 Å². The standard InChI is InChI=1S/C18H20N4O5S/c1-3-16-20-17(27-21-16)12-22(2)18(23)13-6-8-15(9-7-13)28(24,25)19-11-14-5-4-10-26-14/h4-10,19H,3,11-12H2,1-2H3. The molecule has 1 amide bonds. The Balaban J connectivity index is 1.64. The van der Waals surface area contributed by atoms with Crippen molar-refractivity contribution in [3.05, 3.63) is 65.7 Å². The van der Waals surface area contributed by atoms with Gasteiger partial charge in [-0.3, -0.25) is 4.79 Å². The molecule has 0 atom stereocenters. The van der Waals surface area contributed by atoms with Crippen molar-refractivity contribution in [3.8, 4) is 0 Å². The number of amides is 1. The van der Waals surface area contributed by atoms with Gasteiger partial charge < -0.3 is 13.8 Å². The number of carbonyl (C=O) groups excluding carboxylic acids is 1. The van der Waals surface area contributed by atoms with Gasteiger partial charge >= 0.3 is 0 Å². The fourth-order valence-electron chi connectivity index (χ4n) is 2.43. The van der Waals surface area contributed by atoms with E-state index in [4.69, 9.17) is 8.94 Å². The van der Waals surface area contributed by atoms with Crippen molar-refractivity contribution in [2.24, 2.45) is 0 Å². The highest BCUT2D eigenvalue weighted by molar-refractivity contribution is 7.89. The molecule has 1 aromatic carbocycles.